The first-order chi connectivity index (χ1) is 9.67. The molecule has 4 heteroatoms. The second-order valence-corrected chi connectivity index (χ2v) is 5.31. The molecule has 1 saturated carbocycles. The van der Waals surface area contributed by atoms with Crippen LogP contribution in [0.5, 0.6) is 5.75 Å². The molecule has 3 atom stereocenters. The number of benzene rings is 1. The standard InChI is InChI=1S/C16H25NO3/c1-11-6-5-7-14(12(11)2)20-15-10-13(17-3)16(15)19-9-8-18-4/h5-7,13,15-17H,8-10H2,1-4H3. The molecule has 1 aromatic rings. The predicted molar refractivity (Wildman–Crippen MR) is 79.4 cm³/mol. The van der Waals surface area contributed by atoms with E-state index in [9.17, 15) is 0 Å². The summed E-state index contributed by atoms with van der Waals surface area (Å²) in [6.07, 6.45) is 1.18. The number of methoxy groups -OCH3 is 1. The molecule has 1 aromatic carbocycles. The number of aryl methyl sites for hydroxylation is 1. The van der Waals surface area contributed by atoms with Crippen LogP contribution in [0.4, 0.5) is 0 Å². The van der Waals surface area contributed by atoms with Gasteiger partial charge in [0, 0.05) is 19.6 Å². The van der Waals surface area contributed by atoms with E-state index in [0.29, 0.717) is 19.3 Å². The van der Waals surface area contributed by atoms with Gasteiger partial charge in [0.05, 0.1) is 13.2 Å². The molecule has 0 spiro atoms. The van der Waals surface area contributed by atoms with Crippen LogP contribution in [0.1, 0.15) is 17.5 Å². The van der Waals surface area contributed by atoms with Crippen molar-refractivity contribution in [3.63, 3.8) is 0 Å². The van der Waals surface area contributed by atoms with Crippen LogP contribution in [-0.4, -0.2) is 45.6 Å². The summed E-state index contributed by atoms with van der Waals surface area (Å²) in [5.41, 5.74) is 2.46. The fraction of sp³-hybridized carbons (Fsp3) is 0.625. The van der Waals surface area contributed by atoms with E-state index in [-0.39, 0.29) is 12.2 Å². The van der Waals surface area contributed by atoms with Gasteiger partial charge in [-0.1, -0.05) is 12.1 Å². The smallest absolute Gasteiger partial charge is 0.128 e. The first-order valence-electron chi connectivity index (χ1n) is 7.18. The SMILES string of the molecule is CNC1CC(Oc2cccc(C)c2C)C1OCCOC. The molecule has 0 bridgehead atoms. The van der Waals surface area contributed by atoms with Crippen molar-refractivity contribution in [2.24, 2.45) is 0 Å². The van der Waals surface area contributed by atoms with Gasteiger partial charge in [-0.2, -0.15) is 0 Å². The van der Waals surface area contributed by atoms with Crippen molar-refractivity contribution in [3.05, 3.63) is 29.3 Å². The summed E-state index contributed by atoms with van der Waals surface area (Å²) in [5.74, 6) is 0.963. The van der Waals surface area contributed by atoms with Crippen LogP contribution in [0.3, 0.4) is 0 Å². The first-order valence-corrected chi connectivity index (χ1v) is 7.18. The molecule has 1 N–H and O–H groups in total. The Labute approximate surface area is 121 Å². The molecule has 0 heterocycles. The van der Waals surface area contributed by atoms with Gasteiger partial charge in [-0.25, -0.2) is 0 Å². The van der Waals surface area contributed by atoms with Crippen LogP contribution in [-0.2, 0) is 9.47 Å². The fourth-order valence-corrected chi connectivity index (χ4v) is 2.49. The Morgan fingerprint density at radius 3 is 2.75 bits per heavy atom. The van der Waals surface area contributed by atoms with E-state index in [4.69, 9.17) is 14.2 Å². The Morgan fingerprint density at radius 1 is 1.25 bits per heavy atom. The van der Waals surface area contributed by atoms with Crippen LogP contribution in [0.25, 0.3) is 0 Å². The Hall–Kier alpha value is -1.10. The van der Waals surface area contributed by atoms with E-state index < -0.39 is 0 Å². The predicted octanol–water partition coefficient (Wildman–Crippen LogP) is 2.07. The van der Waals surface area contributed by atoms with E-state index in [0.717, 1.165) is 12.2 Å². The molecule has 112 valence electrons. The zero-order chi connectivity index (χ0) is 14.5. The van der Waals surface area contributed by atoms with Crippen LogP contribution >= 0.6 is 0 Å². The number of likely N-dealkylation sites (N-methyl/N-ethyl adjacent to an activating group) is 1. The van der Waals surface area contributed by atoms with Crippen LogP contribution in [0, 0.1) is 13.8 Å². The molecule has 1 aliphatic rings. The second-order valence-electron chi connectivity index (χ2n) is 5.31. The van der Waals surface area contributed by atoms with Crippen molar-refractivity contribution in [2.75, 3.05) is 27.4 Å². The average molecular weight is 279 g/mol. The molecule has 20 heavy (non-hydrogen) atoms. The van der Waals surface area contributed by atoms with Gasteiger partial charge in [-0.15, -0.1) is 0 Å². The Balaban J connectivity index is 1.96. The lowest BCUT2D eigenvalue weighted by Crippen LogP contribution is -2.60. The molecular weight excluding hydrogens is 254 g/mol. The van der Waals surface area contributed by atoms with Crippen molar-refractivity contribution in [2.45, 2.75) is 38.5 Å². The molecule has 0 saturated heterocycles. The van der Waals surface area contributed by atoms with Gasteiger partial charge in [0.25, 0.3) is 0 Å². The molecule has 0 amide bonds. The van der Waals surface area contributed by atoms with Crippen molar-refractivity contribution < 1.29 is 14.2 Å². The molecule has 0 radical (unpaired) electrons. The highest BCUT2D eigenvalue weighted by Gasteiger charge is 2.43. The Morgan fingerprint density at radius 2 is 2.05 bits per heavy atom. The zero-order valence-electron chi connectivity index (χ0n) is 12.8. The summed E-state index contributed by atoms with van der Waals surface area (Å²) < 4.78 is 17.0. The first kappa shape index (κ1) is 15.3. The van der Waals surface area contributed by atoms with Gasteiger partial charge in [0.1, 0.15) is 18.0 Å². The third kappa shape index (κ3) is 3.32. The molecule has 4 nitrogen and oxygen atoms in total. The van der Waals surface area contributed by atoms with Crippen molar-refractivity contribution in [1.82, 2.24) is 5.32 Å². The maximum atomic E-state index is 6.13. The molecular formula is C16H25NO3. The normalized spacial score (nSPS) is 25.3. The number of rotatable bonds is 7. The molecule has 1 aliphatic carbocycles. The minimum atomic E-state index is 0.0927. The highest BCUT2D eigenvalue weighted by molar-refractivity contribution is 5.38. The van der Waals surface area contributed by atoms with E-state index in [1.54, 1.807) is 7.11 Å². The average Bonchev–Trinajstić information content (AvgIpc) is 2.43. The maximum absolute atomic E-state index is 6.13. The number of hydrogen-bond donors (Lipinski definition) is 1. The molecule has 3 unspecified atom stereocenters. The molecule has 0 aromatic heterocycles. The Bertz CT molecular complexity index is 436. The fourth-order valence-electron chi connectivity index (χ4n) is 2.49. The molecule has 0 aliphatic heterocycles. The van der Waals surface area contributed by atoms with E-state index in [2.05, 4.69) is 25.2 Å². The van der Waals surface area contributed by atoms with Gasteiger partial charge in [0.2, 0.25) is 0 Å². The van der Waals surface area contributed by atoms with Gasteiger partial charge in [-0.3, -0.25) is 0 Å². The minimum absolute atomic E-state index is 0.0927. The quantitative estimate of drug-likeness (QED) is 0.776. The topological polar surface area (TPSA) is 39.7 Å². The van der Waals surface area contributed by atoms with Crippen LogP contribution in [0.2, 0.25) is 0 Å². The van der Waals surface area contributed by atoms with Crippen molar-refractivity contribution in [3.8, 4) is 5.75 Å². The highest BCUT2D eigenvalue weighted by atomic mass is 16.6. The second kappa shape index (κ2) is 7.07. The number of ether oxygens (including phenoxy) is 3. The molecule has 1 fully saturated rings. The van der Waals surface area contributed by atoms with E-state index in [1.807, 2.05) is 19.2 Å². The maximum Gasteiger partial charge on any atom is 0.128 e. The molecule has 2 rings (SSSR count). The summed E-state index contributed by atoms with van der Waals surface area (Å²) in [5, 5.41) is 3.27. The summed E-state index contributed by atoms with van der Waals surface area (Å²) in [7, 11) is 3.65. The van der Waals surface area contributed by atoms with Gasteiger partial charge >= 0.3 is 0 Å². The lowest BCUT2D eigenvalue weighted by atomic mass is 9.85. The van der Waals surface area contributed by atoms with E-state index in [1.165, 1.54) is 11.1 Å². The number of hydrogen-bond acceptors (Lipinski definition) is 4. The summed E-state index contributed by atoms with van der Waals surface area (Å²) in [6, 6.07) is 6.53. The lowest BCUT2D eigenvalue weighted by molar-refractivity contribution is -0.114. The Kier molecular flexibility index (Phi) is 5.40. The van der Waals surface area contributed by atoms with Gasteiger partial charge in [-0.05, 0) is 38.1 Å². The van der Waals surface area contributed by atoms with Crippen LogP contribution in [0.15, 0.2) is 18.2 Å². The summed E-state index contributed by atoms with van der Waals surface area (Å²) in [6.45, 7) is 5.42. The largest absolute Gasteiger partial charge is 0.487 e. The van der Waals surface area contributed by atoms with Crippen molar-refractivity contribution in [1.29, 1.82) is 0 Å². The lowest BCUT2D eigenvalue weighted by Gasteiger charge is -2.43. The monoisotopic (exact) mass is 279 g/mol. The van der Waals surface area contributed by atoms with Gasteiger partial charge in [0.15, 0.2) is 0 Å². The van der Waals surface area contributed by atoms with E-state index >= 15 is 0 Å². The minimum Gasteiger partial charge on any atom is -0.487 e. The van der Waals surface area contributed by atoms with Crippen molar-refractivity contribution >= 4 is 0 Å². The number of nitrogens with one attached hydrogen (secondary N) is 1. The highest BCUT2D eigenvalue weighted by Crippen LogP contribution is 2.31. The summed E-state index contributed by atoms with van der Waals surface area (Å²) >= 11 is 0. The summed E-state index contributed by atoms with van der Waals surface area (Å²) in [4.78, 5) is 0. The van der Waals surface area contributed by atoms with Crippen LogP contribution < -0.4 is 10.1 Å². The third-order valence-corrected chi connectivity index (χ3v) is 4.05. The zero-order valence-corrected chi connectivity index (χ0v) is 12.8. The van der Waals surface area contributed by atoms with Gasteiger partial charge < -0.3 is 19.5 Å². The third-order valence-electron chi connectivity index (χ3n) is 4.05.